The maximum atomic E-state index is 10.8. The molecular formula is C11H23NOS. The number of hydrogen-bond donors (Lipinski definition) is 1. The second-order valence-corrected chi connectivity index (χ2v) is 4.67. The Labute approximate surface area is 92.2 Å². The summed E-state index contributed by atoms with van der Waals surface area (Å²) in [5.41, 5.74) is 0. The van der Waals surface area contributed by atoms with Crippen LogP contribution >= 0.6 is 11.8 Å². The highest BCUT2D eigenvalue weighted by Crippen LogP contribution is 2.13. The van der Waals surface area contributed by atoms with Crippen molar-refractivity contribution in [3.63, 3.8) is 0 Å². The van der Waals surface area contributed by atoms with Crippen LogP contribution in [-0.4, -0.2) is 17.5 Å². The number of rotatable bonds is 8. The molecule has 0 aromatic heterocycles. The minimum Gasteiger partial charge on any atom is -0.345 e. The zero-order valence-corrected chi connectivity index (χ0v) is 10.5. The number of carbonyl (C=O) groups excluding carboxylic acids is 1. The summed E-state index contributed by atoms with van der Waals surface area (Å²) in [5, 5.41) is 3.26. The Bertz CT molecular complexity index is 150. The predicted octanol–water partition coefficient (Wildman–Crippen LogP) is 3.17. The lowest BCUT2D eigenvalue weighted by molar-refractivity contribution is -0.119. The molecule has 14 heavy (non-hydrogen) atoms. The molecule has 0 aromatic carbocycles. The summed E-state index contributed by atoms with van der Waals surface area (Å²) < 4.78 is 0. The van der Waals surface area contributed by atoms with Crippen LogP contribution in [0, 0.1) is 0 Å². The van der Waals surface area contributed by atoms with Crippen molar-refractivity contribution in [3.05, 3.63) is 0 Å². The molecule has 0 aliphatic carbocycles. The number of amides is 1. The topological polar surface area (TPSA) is 29.1 Å². The van der Waals surface area contributed by atoms with Gasteiger partial charge in [0.1, 0.15) is 0 Å². The molecule has 0 heterocycles. The van der Waals surface area contributed by atoms with Gasteiger partial charge >= 0.3 is 0 Å². The van der Waals surface area contributed by atoms with Crippen LogP contribution in [0.25, 0.3) is 0 Å². The van der Waals surface area contributed by atoms with E-state index in [1.165, 1.54) is 32.1 Å². The maximum absolute atomic E-state index is 10.8. The fourth-order valence-corrected chi connectivity index (χ4v) is 2.10. The van der Waals surface area contributed by atoms with E-state index in [4.69, 9.17) is 0 Å². The highest BCUT2D eigenvalue weighted by atomic mass is 32.2. The fourth-order valence-electron chi connectivity index (χ4n) is 1.41. The van der Waals surface area contributed by atoms with Crippen LogP contribution in [0.4, 0.5) is 0 Å². The van der Waals surface area contributed by atoms with Gasteiger partial charge in [-0.15, -0.1) is 11.8 Å². The van der Waals surface area contributed by atoms with E-state index < -0.39 is 0 Å². The van der Waals surface area contributed by atoms with E-state index in [0.717, 1.165) is 6.42 Å². The Morgan fingerprint density at radius 3 is 2.43 bits per heavy atom. The molecule has 0 saturated carbocycles. The van der Waals surface area contributed by atoms with Crippen molar-refractivity contribution in [1.82, 2.24) is 5.32 Å². The monoisotopic (exact) mass is 217 g/mol. The van der Waals surface area contributed by atoms with E-state index >= 15 is 0 Å². The standard InChI is InChI=1S/C11H23NOS/c1-4-5-6-7-8-9-11(14-3)12-10(2)13/h11H,4-9H2,1-3H3,(H,12,13). The minimum absolute atomic E-state index is 0.0814. The summed E-state index contributed by atoms with van der Waals surface area (Å²) in [4.78, 5) is 10.8. The Balaban J connectivity index is 3.38. The molecule has 0 spiro atoms. The molecule has 0 rings (SSSR count). The van der Waals surface area contributed by atoms with Crippen LogP contribution in [0.1, 0.15) is 52.4 Å². The number of nitrogens with one attached hydrogen (secondary N) is 1. The van der Waals surface area contributed by atoms with Crippen LogP contribution in [-0.2, 0) is 4.79 Å². The first-order chi connectivity index (χ1) is 6.70. The smallest absolute Gasteiger partial charge is 0.217 e. The van der Waals surface area contributed by atoms with Gasteiger partial charge in [-0.3, -0.25) is 4.79 Å². The predicted molar refractivity (Wildman–Crippen MR) is 64.5 cm³/mol. The quantitative estimate of drug-likeness (QED) is 0.500. The summed E-state index contributed by atoms with van der Waals surface area (Å²) in [5.74, 6) is 0.0814. The summed E-state index contributed by atoms with van der Waals surface area (Å²) in [6.45, 7) is 3.81. The van der Waals surface area contributed by atoms with Crippen LogP contribution in [0.3, 0.4) is 0 Å². The van der Waals surface area contributed by atoms with Gasteiger partial charge in [-0.25, -0.2) is 0 Å². The third-order valence-corrected chi connectivity index (χ3v) is 3.14. The van der Waals surface area contributed by atoms with Gasteiger partial charge in [-0.1, -0.05) is 39.0 Å². The van der Waals surface area contributed by atoms with Crippen molar-refractivity contribution >= 4 is 17.7 Å². The van der Waals surface area contributed by atoms with Gasteiger partial charge in [-0.05, 0) is 12.7 Å². The molecule has 0 radical (unpaired) electrons. The number of unbranched alkanes of at least 4 members (excludes halogenated alkanes) is 4. The molecule has 0 aliphatic rings. The zero-order valence-electron chi connectivity index (χ0n) is 9.64. The third kappa shape index (κ3) is 8.42. The Morgan fingerprint density at radius 1 is 1.29 bits per heavy atom. The highest BCUT2D eigenvalue weighted by molar-refractivity contribution is 7.99. The first kappa shape index (κ1) is 13.8. The van der Waals surface area contributed by atoms with Gasteiger partial charge in [-0.2, -0.15) is 0 Å². The van der Waals surface area contributed by atoms with Crippen molar-refractivity contribution in [3.8, 4) is 0 Å². The Morgan fingerprint density at radius 2 is 1.93 bits per heavy atom. The summed E-state index contributed by atoms with van der Waals surface area (Å²) >= 11 is 1.73. The van der Waals surface area contributed by atoms with Crippen molar-refractivity contribution in [2.24, 2.45) is 0 Å². The van der Waals surface area contributed by atoms with Crippen molar-refractivity contribution in [2.75, 3.05) is 6.26 Å². The molecule has 1 unspecified atom stereocenters. The lowest BCUT2D eigenvalue weighted by Crippen LogP contribution is -2.29. The first-order valence-corrected chi connectivity index (χ1v) is 6.79. The van der Waals surface area contributed by atoms with Crippen LogP contribution in [0.5, 0.6) is 0 Å². The minimum atomic E-state index is 0.0814. The normalized spacial score (nSPS) is 12.5. The fraction of sp³-hybridized carbons (Fsp3) is 0.909. The highest BCUT2D eigenvalue weighted by Gasteiger charge is 2.06. The van der Waals surface area contributed by atoms with Crippen LogP contribution in [0.15, 0.2) is 0 Å². The molecule has 2 nitrogen and oxygen atoms in total. The average molecular weight is 217 g/mol. The first-order valence-electron chi connectivity index (χ1n) is 5.50. The van der Waals surface area contributed by atoms with Crippen molar-refractivity contribution < 1.29 is 4.79 Å². The van der Waals surface area contributed by atoms with Gasteiger partial charge in [0.05, 0.1) is 5.37 Å². The molecule has 1 N–H and O–H groups in total. The van der Waals surface area contributed by atoms with E-state index in [-0.39, 0.29) is 5.91 Å². The average Bonchev–Trinajstić information content (AvgIpc) is 2.15. The molecule has 0 aliphatic heterocycles. The molecule has 0 bridgehead atoms. The molecule has 1 amide bonds. The Kier molecular flexibility index (Phi) is 9.26. The van der Waals surface area contributed by atoms with Gasteiger partial charge in [0.25, 0.3) is 0 Å². The second kappa shape index (κ2) is 9.38. The van der Waals surface area contributed by atoms with Gasteiger partial charge in [0.15, 0.2) is 0 Å². The zero-order chi connectivity index (χ0) is 10.8. The van der Waals surface area contributed by atoms with Crippen molar-refractivity contribution in [1.29, 1.82) is 0 Å². The van der Waals surface area contributed by atoms with Gasteiger partial charge < -0.3 is 5.32 Å². The van der Waals surface area contributed by atoms with Crippen LogP contribution in [0.2, 0.25) is 0 Å². The lowest BCUT2D eigenvalue weighted by atomic mass is 10.1. The van der Waals surface area contributed by atoms with E-state index in [1.807, 2.05) is 6.26 Å². The van der Waals surface area contributed by atoms with Gasteiger partial charge in [0, 0.05) is 6.92 Å². The van der Waals surface area contributed by atoms with Crippen molar-refractivity contribution in [2.45, 2.75) is 57.7 Å². The van der Waals surface area contributed by atoms with E-state index in [1.54, 1.807) is 18.7 Å². The maximum Gasteiger partial charge on any atom is 0.217 e. The molecular weight excluding hydrogens is 194 g/mol. The largest absolute Gasteiger partial charge is 0.345 e. The number of thioether (sulfide) groups is 1. The molecule has 0 fully saturated rings. The van der Waals surface area contributed by atoms with E-state index in [9.17, 15) is 4.79 Å². The molecule has 84 valence electrons. The van der Waals surface area contributed by atoms with E-state index in [2.05, 4.69) is 12.2 Å². The second-order valence-electron chi connectivity index (χ2n) is 3.63. The number of carbonyl (C=O) groups is 1. The molecule has 1 atom stereocenters. The number of hydrogen-bond acceptors (Lipinski definition) is 2. The summed E-state index contributed by atoms with van der Waals surface area (Å²) in [6.07, 6.45) is 9.63. The summed E-state index contributed by atoms with van der Waals surface area (Å²) in [6, 6.07) is 0. The third-order valence-electron chi connectivity index (χ3n) is 2.22. The molecule has 3 heteroatoms. The van der Waals surface area contributed by atoms with Gasteiger partial charge in [0.2, 0.25) is 5.91 Å². The van der Waals surface area contributed by atoms with E-state index in [0.29, 0.717) is 5.37 Å². The van der Waals surface area contributed by atoms with Crippen LogP contribution < -0.4 is 5.32 Å². The molecule has 0 aromatic rings. The molecule has 0 saturated heterocycles. The SMILES string of the molecule is CCCCCCCC(NC(C)=O)SC. The summed E-state index contributed by atoms with van der Waals surface area (Å²) in [7, 11) is 0. The Hall–Kier alpha value is -0.180. The lowest BCUT2D eigenvalue weighted by Gasteiger charge is -2.14.